The van der Waals surface area contributed by atoms with Gasteiger partial charge in [-0.25, -0.2) is 23.8 Å². The normalized spacial score (nSPS) is 18.3. The lowest BCUT2D eigenvalue weighted by Gasteiger charge is -2.27. The second kappa shape index (κ2) is 14.5. The lowest BCUT2D eigenvalue weighted by atomic mass is 10.0. The summed E-state index contributed by atoms with van der Waals surface area (Å²) in [4.78, 5) is 60.6. The van der Waals surface area contributed by atoms with Gasteiger partial charge in [-0.05, 0) is 68.9 Å². The SMILES string of the molecule is COC(=O)N[C@H](C(=O)NC[C@H]1CN(c2ccc(-c3ccc(-c4cnc([C@@H]5CCCN5C(=O)OC(C)(C)C)[nH]4)cc3)c(F)c2)C(=O)O1)C(C)C. The van der Waals surface area contributed by atoms with Crippen LogP contribution >= 0.6 is 0 Å². The standard InChI is InChI=1S/C35H43FN6O7/c1-20(2)29(40-32(44)47-6)31(43)38-17-24-19-42(33(45)48-24)23-13-14-25(26(36)16-23)21-9-11-22(12-10-21)27-18-37-30(39-27)28-8-7-15-41(28)34(46)49-35(3,4)5/h9-14,16,18,20,24,28-29H,7-8,15,17,19H2,1-6H3,(H,37,39)(H,38,43)(H,40,44)/t24-,28-,29-/m0/s1. The first-order chi connectivity index (χ1) is 23.2. The Hall–Kier alpha value is -5.14. The van der Waals surface area contributed by atoms with Crippen LogP contribution < -0.4 is 15.5 Å². The third-order valence-corrected chi connectivity index (χ3v) is 8.35. The maximum Gasteiger partial charge on any atom is 0.414 e. The summed E-state index contributed by atoms with van der Waals surface area (Å²) >= 11 is 0. The number of nitrogens with one attached hydrogen (secondary N) is 3. The number of anilines is 1. The number of benzene rings is 2. The van der Waals surface area contributed by atoms with Crippen molar-refractivity contribution in [3.63, 3.8) is 0 Å². The maximum absolute atomic E-state index is 15.4. The molecule has 49 heavy (non-hydrogen) atoms. The summed E-state index contributed by atoms with van der Waals surface area (Å²) in [5.41, 5.74) is 2.35. The van der Waals surface area contributed by atoms with Gasteiger partial charge < -0.3 is 29.8 Å². The first-order valence-corrected chi connectivity index (χ1v) is 16.3. The predicted octanol–water partition coefficient (Wildman–Crippen LogP) is 5.78. The number of H-pyrrole nitrogens is 1. The minimum absolute atomic E-state index is 0.0144. The van der Waals surface area contributed by atoms with Crippen LogP contribution in [0.1, 0.15) is 59.3 Å². The van der Waals surface area contributed by atoms with Gasteiger partial charge in [0.15, 0.2) is 0 Å². The molecule has 13 nitrogen and oxygen atoms in total. The van der Waals surface area contributed by atoms with E-state index in [4.69, 9.17) is 9.47 Å². The van der Waals surface area contributed by atoms with Crippen LogP contribution in [0.15, 0.2) is 48.7 Å². The number of hydrogen-bond acceptors (Lipinski definition) is 8. The zero-order valence-corrected chi connectivity index (χ0v) is 28.5. The van der Waals surface area contributed by atoms with Crippen LogP contribution in [0.25, 0.3) is 22.4 Å². The molecule has 1 aromatic heterocycles. The van der Waals surface area contributed by atoms with Crippen molar-refractivity contribution in [1.82, 2.24) is 25.5 Å². The van der Waals surface area contributed by atoms with Gasteiger partial charge in [-0.1, -0.05) is 38.1 Å². The molecule has 0 radical (unpaired) electrons. The highest BCUT2D eigenvalue weighted by Gasteiger charge is 2.36. The van der Waals surface area contributed by atoms with Crippen molar-refractivity contribution in [2.24, 2.45) is 5.92 Å². The van der Waals surface area contributed by atoms with E-state index >= 15 is 4.39 Å². The number of aromatic nitrogens is 2. The molecular weight excluding hydrogens is 635 g/mol. The number of methoxy groups -OCH3 is 1. The number of alkyl carbamates (subject to hydrolysis) is 1. The van der Waals surface area contributed by atoms with Gasteiger partial charge in [-0.15, -0.1) is 0 Å². The molecule has 3 aromatic rings. The van der Waals surface area contributed by atoms with E-state index in [1.807, 2.05) is 32.9 Å². The molecule has 5 rings (SSSR count). The van der Waals surface area contributed by atoms with Crippen molar-refractivity contribution >= 4 is 29.9 Å². The number of amides is 4. The van der Waals surface area contributed by atoms with Gasteiger partial charge >= 0.3 is 18.3 Å². The van der Waals surface area contributed by atoms with E-state index in [-0.39, 0.29) is 31.1 Å². The van der Waals surface area contributed by atoms with Crippen LogP contribution in [0.4, 0.5) is 24.5 Å². The second-order valence-electron chi connectivity index (χ2n) is 13.5. The van der Waals surface area contributed by atoms with Gasteiger partial charge in [-0.3, -0.25) is 14.6 Å². The Labute approximate surface area is 284 Å². The fourth-order valence-corrected chi connectivity index (χ4v) is 5.86. The monoisotopic (exact) mass is 678 g/mol. The Morgan fingerprint density at radius 2 is 1.84 bits per heavy atom. The largest absolute Gasteiger partial charge is 0.453 e. The molecule has 2 aromatic carbocycles. The Bertz CT molecular complexity index is 1690. The van der Waals surface area contributed by atoms with E-state index in [0.29, 0.717) is 29.2 Å². The number of cyclic esters (lactones) is 1. The van der Waals surface area contributed by atoms with Crippen molar-refractivity contribution in [2.75, 3.05) is 31.6 Å². The molecule has 2 saturated heterocycles. The Kier molecular flexibility index (Phi) is 10.4. The van der Waals surface area contributed by atoms with Crippen molar-refractivity contribution in [1.29, 1.82) is 0 Å². The van der Waals surface area contributed by atoms with E-state index in [1.165, 1.54) is 18.1 Å². The van der Waals surface area contributed by atoms with E-state index in [9.17, 15) is 19.2 Å². The van der Waals surface area contributed by atoms with Gasteiger partial charge in [-0.2, -0.15) is 0 Å². The van der Waals surface area contributed by atoms with Crippen LogP contribution in [0, 0.1) is 11.7 Å². The highest BCUT2D eigenvalue weighted by molar-refractivity contribution is 5.90. The van der Waals surface area contributed by atoms with Crippen LogP contribution in [0.5, 0.6) is 0 Å². The summed E-state index contributed by atoms with van der Waals surface area (Å²) in [7, 11) is 1.21. The molecule has 0 aliphatic carbocycles. The molecule has 0 unspecified atom stereocenters. The summed E-state index contributed by atoms with van der Waals surface area (Å²) in [6.45, 7) is 9.79. The number of ether oxygens (including phenoxy) is 3. The van der Waals surface area contributed by atoms with Gasteiger partial charge in [0.25, 0.3) is 0 Å². The molecule has 262 valence electrons. The molecule has 2 aliphatic heterocycles. The third-order valence-electron chi connectivity index (χ3n) is 8.35. The lowest BCUT2D eigenvalue weighted by molar-refractivity contribution is -0.124. The number of hydrogen-bond donors (Lipinski definition) is 3. The lowest BCUT2D eigenvalue weighted by Crippen LogP contribution is -2.51. The number of likely N-dealkylation sites (tertiary alicyclic amines) is 1. The number of carbonyl (C=O) groups is 4. The first kappa shape index (κ1) is 35.2. The van der Waals surface area contributed by atoms with Crippen LogP contribution in [0.2, 0.25) is 0 Å². The van der Waals surface area contributed by atoms with E-state index < -0.39 is 41.7 Å². The van der Waals surface area contributed by atoms with Gasteiger partial charge in [0.1, 0.15) is 29.4 Å². The fraction of sp³-hybridized carbons (Fsp3) is 0.457. The maximum atomic E-state index is 15.4. The fourth-order valence-electron chi connectivity index (χ4n) is 5.86. The summed E-state index contributed by atoms with van der Waals surface area (Å²) in [6, 6.07) is 10.8. The van der Waals surface area contributed by atoms with Crippen molar-refractivity contribution in [3.8, 4) is 22.4 Å². The quantitative estimate of drug-likeness (QED) is 0.241. The van der Waals surface area contributed by atoms with E-state index in [0.717, 1.165) is 24.1 Å². The zero-order chi connectivity index (χ0) is 35.5. The number of nitrogens with zero attached hydrogens (tertiary/aromatic N) is 3. The number of imidazole rings is 1. The summed E-state index contributed by atoms with van der Waals surface area (Å²) in [5, 5.41) is 5.19. The molecule has 3 atom stereocenters. The Morgan fingerprint density at radius 1 is 1.12 bits per heavy atom. The highest BCUT2D eigenvalue weighted by Crippen LogP contribution is 2.34. The van der Waals surface area contributed by atoms with Gasteiger partial charge in [0, 0.05) is 12.1 Å². The number of carbonyl (C=O) groups excluding carboxylic acids is 4. The second-order valence-corrected chi connectivity index (χ2v) is 13.5. The predicted molar refractivity (Wildman–Crippen MR) is 179 cm³/mol. The van der Waals surface area contributed by atoms with Gasteiger partial charge in [0.2, 0.25) is 5.91 Å². The van der Waals surface area contributed by atoms with Crippen LogP contribution in [-0.4, -0.2) is 83.5 Å². The Morgan fingerprint density at radius 3 is 2.49 bits per heavy atom. The molecule has 3 heterocycles. The molecular formula is C35H43FN6O7. The molecule has 4 amide bonds. The third kappa shape index (κ3) is 8.30. The average molecular weight is 679 g/mol. The van der Waals surface area contributed by atoms with Gasteiger partial charge in [0.05, 0.1) is 43.8 Å². The molecule has 0 spiro atoms. The number of halogens is 1. The number of rotatable bonds is 9. The van der Waals surface area contributed by atoms with Crippen molar-refractivity contribution in [3.05, 3.63) is 60.3 Å². The first-order valence-electron chi connectivity index (χ1n) is 16.3. The molecule has 14 heteroatoms. The van der Waals surface area contributed by atoms with Crippen LogP contribution in [-0.2, 0) is 19.0 Å². The Balaban J connectivity index is 1.20. The number of aromatic amines is 1. The zero-order valence-electron chi connectivity index (χ0n) is 28.5. The summed E-state index contributed by atoms with van der Waals surface area (Å²) in [6.07, 6.45) is 0.941. The average Bonchev–Trinajstić information content (AvgIpc) is 3.81. The smallest absolute Gasteiger partial charge is 0.414 e. The molecule has 3 N–H and O–H groups in total. The molecule has 2 fully saturated rings. The molecule has 0 saturated carbocycles. The van der Waals surface area contributed by atoms with Crippen LogP contribution in [0.3, 0.4) is 0 Å². The van der Waals surface area contributed by atoms with Crippen molar-refractivity contribution < 1.29 is 37.8 Å². The molecule has 2 aliphatic rings. The van der Waals surface area contributed by atoms with Crippen molar-refractivity contribution in [2.45, 2.75) is 71.2 Å². The van der Waals surface area contributed by atoms with E-state index in [2.05, 4.69) is 25.3 Å². The highest BCUT2D eigenvalue weighted by atomic mass is 19.1. The minimum Gasteiger partial charge on any atom is -0.453 e. The minimum atomic E-state index is -0.831. The summed E-state index contributed by atoms with van der Waals surface area (Å²) < 4.78 is 31.0. The van der Waals surface area contributed by atoms with E-state index in [1.54, 1.807) is 49.2 Å². The molecule has 0 bridgehead atoms. The summed E-state index contributed by atoms with van der Waals surface area (Å²) in [5.74, 6) is -0.485. The topological polar surface area (TPSA) is 155 Å².